The number of aromatic amines is 1. The predicted molar refractivity (Wildman–Crippen MR) is 91.6 cm³/mol. The number of fused-ring (bicyclic) bond motifs is 1. The summed E-state index contributed by atoms with van der Waals surface area (Å²) in [5.41, 5.74) is 1.80. The number of nitrogens with one attached hydrogen (secondary N) is 1. The van der Waals surface area contributed by atoms with Crippen LogP contribution in [0, 0.1) is 12.8 Å². The molecule has 0 aromatic carbocycles. The van der Waals surface area contributed by atoms with E-state index in [1.165, 1.54) is 0 Å². The number of aryl methyl sites for hydroxylation is 1. The minimum absolute atomic E-state index is 0.0440. The second kappa shape index (κ2) is 6.36. The van der Waals surface area contributed by atoms with Crippen molar-refractivity contribution in [1.29, 1.82) is 0 Å². The van der Waals surface area contributed by atoms with Gasteiger partial charge in [0.25, 0.3) is 5.56 Å². The second-order valence-corrected chi connectivity index (χ2v) is 6.77. The van der Waals surface area contributed by atoms with Gasteiger partial charge in [-0.2, -0.15) is 0 Å². The minimum Gasteiger partial charge on any atom is -0.336 e. The molecular formula is C18H19N5O3. The van der Waals surface area contributed by atoms with Crippen LogP contribution in [0.15, 0.2) is 29.2 Å². The number of H-pyrrole nitrogens is 1. The van der Waals surface area contributed by atoms with Crippen LogP contribution in [0.4, 0.5) is 0 Å². The van der Waals surface area contributed by atoms with E-state index in [-0.39, 0.29) is 36.3 Å². The molecule has 0 bridgehead atoms. The molecule has 1 saturated heterocycles. The summed E-state index contributed by atoms with van der Waals surface area (Å²) in [6.07, 6.45) is 1.88. The Bertz CT molecular complexity index is 924. The lowest BCUT2D eigenvalue weighted by atomic mass is 10.1. The highest BCUT2D eigenvalue weighted by Gasteiger charge is 2.38. The Morgan fingerprint density at radius 3 is 2.92 bits per heavy atom. The van der Waals surface area contributed by atoms with E-state index in [1.807, 2.05) is 18.2 Å². The molecule has 4 rings (SSSR count). The Labute approximate surface area is 149 Å². The highest BCUT2D eigenvalue weighted by Crippen LogP contribution is 2.26. The van der Waals surface area contributed by atoms with Gasteiger partial charge in [-0.05, 0) is 19.1 Å². The van der Waals surface area contributed by atoms with Crippen LogP contribution >= 0.6 is 0 Å². The number of amides is 2. The molecule has 0 radical (unpaired) electrons. The Hall–Kier alpha value is -3.03. The lowest BCUT2D eigenvalue weighted by Crippen LogP contribution is -2.34. The fourth-order valence-electron chi connectivity index (χ4n) is 3.58. The molecule has 4 heterocycles. The van der Waals surface area contributed by atoms with Crippen molar-refractivity contribution >= 4 is 11.8 Å². The summed E-state index contributed by atoms with van der Waals surface area (Å²) in [6.45, 7) is 3.08. The van der Waals surface area contributed by atoms with E-state index in [2.05, 4.69) is 15.0 Å². The zero-order valence-electron chi connectivity index (χ0n) is 14.4. The average Bonchev–Trinajstić information content (AvgIpc) is 3.19. The third-order valence-electron chi connectivity index (χ3n) is 4.86. The Morgan fingerprint density at radius 2 is 2.15 bits per heavy atom. The van der Waals surface area contributed by atoms with Gasteiger partial charge in [0, 0.05) is 19.2 Å². The lowest BCUT2D eigenvalue weighted by Gasteiger charge is -2.20. The topological polar surface area (TPSA) is 99.3 Å². The molecule has 1 N–H and O–H groups in total. The number of rotatable bonds is 3. The first-order valence-corrected chi connectivity index (χ1v) is 8.56. The van der Waals surface area contributed by atoms with Gasteiger partial charge in [0.05, 0.1) is 42.5 Å². The third-order valence-corrected chi connectivity index (χ3v) is 4.86. The number of hydrogen-bond donors (Lipinski definition) is 1. The van der Waals surface area contributed by atoms with Gasteiger partial charge in [-0.3, -0.25) is 19.4 Å². The molecule has 0 unspecified atom stereocenters. The summed E-state index contributed by atoms with van der Waals surface area (Å²) < 4.78 is 0. The van der Waals surface area contributed by atoms with Crippen LogP contribution in [0.2, 0.25) is 0 Å². The molecule has 8 nitrogen and oxygen atoms in total. The Balaban J connectivity index is 1.44. The molecule has 2 aliphatic rings. The number of carbonyl (C=O) groups is 2. The van der Waals surface area contributed by atoms with Crippen molar-refractivity contribution in [2.24, 2.45) is 5.92 Å². The zero-order valence-corrected chi connectivity index (χ0v) is 14.4. The van der Waals surface area contributed by atoms with Gasteiger partial charge in [0.1, 0.15) is 5.82 Å². The number of carbonyl (C=O) groups excluding carboxylic acids is 2. The van der Waals surface area contributed by atoms with Crippen LogP contribution in [-0.4, -0.2) is 43.1 Å². The summed E-state index contributed by atoms with van der Waals surface area (Å²) in [7, 11) is 0. The van der Waals surface area contributed by atoms with Crippen molar-refractivity contribution in [3.63, 3.8) is 0 Å². The minimum atomic E-state index is -0.388. The van der Waals surface area contributed by atoms with Crippen molar-refractivity contribution in [2.45, 2.75) is 33.0 Å². The van der Waals surface area contributed by atoms with E-state index >= 15 is 0 Å². The predicted octanol–water partition coefficient (Wildman–Crippen LogP) is 0.364. The molecule has 8 heteroatoms. The van der Waals surface area contributed by atoms with E-state index in [1.54, 1.807) is 22.9 Å². The normalized spacial score (nSPS) is 19.1. The van der Waals surface area contributed by atoms with Crippen LogP contribution in [0.5, 0.6) is 0 Å². The molecule has 26 heavy (non-hydrogen) atoms. The van der Waals surface area contributed by atoms with E-state index in [9.17, 15) is 14.4 Å². The average molecular weight is 353 g/mol. The first kappa shape index (κ1) is 16.4. The van der Waals surface area contributed by atoms with Crippen LogP contribution in [0.25, 0.3) is 0 Å². The van der Waals surface area contributed by atoms with Crippen LogP contribution in [0.3, 0.4) is 0 Å². The maximum Gasteiger partial charge on any atom is 0.256 e. The molecule has 134 valence electrons. The molecule has 0 aliphatic carbocycles. The second-order valence-electron chi connectivity index (χ2n) is 6.77. The van der Waals surface area contributed by atoms with Crippen LogP contribution < -0.4 is 5.56 Å². The molecule has 1 atom stereocenters. The standard InChI is InChI=1S/C18H19N5O3/c1-11-20-15-10-23(9-14(15)17(25)21-11)18(26)12-6-16(24)22(7-12)8-13-4-2-3-5-19-13/h2-5,12H,6-10H2,1H3,(H,20,21,25)/t12-/m1/s1. The van der Waals surface area contributed by atoms with E-state index in [4.69, 9.17) is 0 Å². The van der Waals surface area contributed by atoms with Gasteiger partial charge < -0.3 is 14.8 Å². The summed E-state index contributed by atoms with van der Waals surface area (Å²) in [4.78, 5) is 51.7. The largest absolute Gasteiger partial charge is 0.336 e. The SMILES string of the molecule is Cc1nc2c(c(=O)[nH]1)CN(C(=O)[C@@H]1CC(=O)N(Cc3ccccn3)C1)C2. The van der Waals surface area contributed by atoms with Crippen LogP contribution in [0.1, 0.15) is 29.2 Å². The van der Waals surface area contributed by atoms with E-state index in [0.717, 1.165) is 5.69 Å². The molecule has 0 saturated carbocycles. The summed E-state index contributed by atoms with van der Waals surface area (Å²) in [5.74, 6) is 0.00999. The lowest BCUT2D eigenvalue weighted by molar-refractivity contribution is -0.136. The molecule has 1 fully saturated rings. The Morgan fingerprint density at radius 1 is 1.31 bits per heavy atom. The molecule has 2 aliphatic heterocycles. The number of pyridine rings is 1. The molecule has 2 amide bonds. The van der Waals surface area contributed by atoms with Crippen molar-refractivity contribution in [3.8, 4) is 0 Å². The van der Waals surface area contributed by atoms with Crippen molar-refractivity contribution in [2.75, 3.05) is 6.54 Å². The van der Waals surface area contributed by atoms with Crippen molar-refractivity contribution < 1.29 is 9.59 Å². The van der Waals surface area contributed by atoms with Gasteiger partial charge in [0.15, 0.2) is 0 Å². The van der Waals surface area contributed by atoms with Crippen molar-refractivity contribution in [3.05, 3.63) is 57.5 Å². The maximum absolute atomic E-state index is 12.8. The number of hydrogen-bond acceptors (Lipinski definition) is 5. The highest BCUT2D eigenvalue weighted by atomic mass is 16.2. The van der Waals surface area contributed by atoms with E-state index < -0.39 is 0 Å². The summed E-state index contributed by atoms with van der Waals surface area (Å²) in [5, 5.41) is 0. The van der Waals surface area contributed by atoms with E-state index in [0.29, 0.717) is 36.7 Å². The fourth-order valence-corrected chi connectivity index (χ4v) is 3.58. The number of nitrogens with zero attached hydrogens (tertiary/aromatic N) is 4. The summed E-state index contributed by atoms with van der Waals surface area (Å²) in [6, 6.07) is 5.56. The number of aromatic nitrogens is 3. The molecule has 2 aromatic heterocycles. The van der Waals surface area contributed by atoms with Crippen molar-refractivity contribution in [1.82, 2.24) is 24.8 Å². The van der Waals surface area contributed by atoms with Gasteiger partial charge in [-0.1, -0.05) is 6.07 Å². The molecule has 2 aromatic rings. The molecular weight excluding hydrogens is 334 g/mol. The molecule has 0 spiro atoms. The fraction of sp³-hybridized carbons (Fsp3) is 0.389. The first-order valence-electron chi connectivity index (χ1n) is 8.56. The van der Waals surface area contributed by atoms with Gasteiger partial charge in [-0.15, -0.1) is 0 Å². The maximum atomic E-state index is 12.8. The van der Waals surface area contributed by atoms with Crippen LogP contribution in [-0.2, 0) is 29.2 Å². The summed E-state index contributed by atoms with van der Waals surface area (Å²) >= 11 is 0. The third kappa shape index (κ3) is 2.98. The quantitative estimate of drug-likeness (QED) is 0.859. The van der Waals surface area contributed by atoms with Gasteiger partial charge in [-0.25, -0.2) is 4.98 Å². The first-order chi connectivity index (χ1) is 12.5. The Kier molecular flexibility index (Phi) is 4.02. The monoisotopic (exact) mass is 353 g/mol. The highest BCUT2D eigenvalue weighted by molar-refractivity contribution is 5.89. The van der Waals surface area contributed by atoms with Gasteiger partial charge in [0.2, 0.25) is 11.8 Å². The smallest absolute Gasteiger partial charge is 0.256 e. The number of likely N-dealkylation sites (tertiary alicyclic amines) is 1. The zero-order chi connectivity index (χ0) is 18.3. The van der Waals surface area contributed by atoms with Gasteiger partial charge >= 0.3 is 0 Å².